The molecule has 2 aromatic carbocycles. The molecule has 0 unspecified atom stereocenters. The minimum absolute atomic E-state index is 0.108. The summed E-state index contributed by atoms with van der Waals surface area (Å²) < 4.78 is 0. The van der Waals surface area contributed by atoms with Crippen molar-refractivity contribution in [3.63, 3.8) is 0 Å². The van der Waals surface area contributed by atoms with E-state index >= 15 is 0 Å². The van der Waals surface area contributed by atoms with E-state index in [1.807, 2.05) is 54.6 Å². The zero-order chi connectivity index (χ0) is 13.5. The monoisotopic (exact) mass is 251 g/mol. The maximum absolute atomic E-state index is 10.5. The quantitative estimate of drug-likeness (QED) is 0.461. The molecule has 0 aromatic heterocycles. The molecule has 0 bridgehead atoms. The first kappa shape index (κ1) is 12.8. The first-order valence-electron chi connectivity index (χ1n) is 5.90. The zero-order valence-corrected chi connectivity index (χ0v) is 10.3. The summed E-state index contributed by atoms with van der Waals surface area (Å²) in [6.45, 7) is 0. The van der Waals surface area contributed by atoms with E-state index in [4.69, 9.17) is 0 Å². The lowest BCUT2D eigenvalue weighted by molar-refractivity contribution is -0.384. The van der Waals surface area contributed by atoms with E-state index in [1.54, 1.807) is 12.1 Å². The highest BCUT2D eigenvalue weighted by Gasteiger charge is 2.01. The van der Waals surface area contributed by atoms with Gasteiger partial charge in [-0.15, -0.1) is 0 Å². The Bertz CT molecular complexity index is 598. The van der Waals surface area contributed by atoms with Gasteiger partial charge >= 0.3 is 0 Å². The van der Waals surface area contributed by atoms with Crippen molar-refractivity contribution in [2.24, 2.45) is 0 Å². The third-order valence-electron chi connectivity index (χ3n) is 2.59. The van der Waals surface area contributed by atoms with Gasteiger partial charge in [0.05, 0.1) is 4.92 Å². The first-order chi connectivity index (χ1) is 9.25. The maximum atomic E-state index is 10.5. The van der Waals surface area contributed by atoms with Crippen molar-refractivity contribution in [3.05, 3.63) is 88.0 Å². The van der Waals surface area contributed by atoms with Crippen LogP contribution in [-0.2, 0) is 0 Å². The highest BCUT2D eigenvalue weighted by atomic mass is 16.6. The minimum Gasteiger partial charge on any atom is -0.258 e. The van der Waals surface area contributed by atoms with Crippen molar-refractivity contribution in [2.75, 3.05) is 0 Å². The Morgan fingerprint density at radius 1 is 0.789 bits per heavy atom. The van der Waals surface area contributed by atoms with Crippen LogP contribution in [0.3, 0.4) is 0 Å². The fraction of sp³-hybridized carbons (Fsp3) is 0. The second kappa shape index (κ2) is 6.31. The fourth-order valence-electron chi connectivity index (χ4n) is 1.60. The smallest absolute Gasteiger partial charge is 0.258 e. The molecule has 0 heterocycles. The number of rotatable bonds is 4. The first-order valence-corrected chi connectivity index (χ1v) is 5.90. The predicted molar refractivity (Wildman–Crippen MR) is 77.6 cm³/mol. The van der Waals surface area contributed by atoms with Crippen molar-refractivity contribution in [1.82, 2.24) is 0 Å². The summed E-state index contributed by atoms with van der Waals surface area (Å²) in [4.78, 5) is 10.1. The Labute approximate surface area is 111 Å². The molecule has 0 N–H and O–H groups in total. The maximum Gasteiger partial charge on any atom is 0.269 e. The van der Waals surface area contributed by atoms with Gasteiger partial charge in [0.25, 0.3) is 5.69 Å². The molecule has 3 nitrogen and oxygen atoms in total. The number of hydrogen-bond acceptors (Lipinski definition) is 2. The zero-order valence-electron chi connectivity index (χ0n) is 10.3. The van der Waals surface area contributed by atoms with Gasteiger partial charge in [-0.1, -0.05) is 54.6 Å². The molecule has 2 rings (SSSR count). The highest BCUT2D eigenvalue weighted by Crippen LogP contribution is 2.13. The normalized spacial score (nSPS) is 11.2. The van der Waals surface area contributed by atoms with Gasteiger partial charge in [0.2, 0.25) is 0 Å². The summed E-state index contributed by atoms with van der Waals surface area (Å²) in [5.74, 6) is 0. The lowest BCUT2D eigenvalue weighted by Crippen LogP contribution is -1.86. The van der Waals surface area contributed by atoms with E-state index in [0.29, 0.717) is 0 Å². The van der Waals surface area contributed by atoms with E-state index < -0.39 is 4.92 Å². The summed E-state index contributed by atoms with van der Waals surface area (Å²) in [6.07, 6.45) is 7.76. The molecule has 19 heavy (non-hydrogen) atoms. The standard InChI is InChI=1S/C16H13NO2/c18-17(19)16-12-10-15(11-13-16)9-5-4-8-14-6-2-1-3-7-14/h1-13H/b8-4-,9-5-. The van der Waals surface area contributed by atoms with E-state index in [1.165, 1.54) is 12.1 Å². The molecule has 0 radical (unpaired) electrons. The Morgan fingerprint density at radius 2 is 1.32 bits per heavy atom. The molecule has 0 aliphatic heterocycles. The Hall–Kier alpha value is -2.68. The van der Waals surface area contributed by atoms with Gasteiger partial charge in [0.15, 0.2) is 0 Å². The molecule has 3 heteroatoms. The molecule has 94 valence electrons. The second-order valence-corrected chi connectivity index (χ2v) is 3.98. The molecular formula is C16H13NO2. The third-order valence-corrected chi connectivity index (χ3v) is 2.59. The number of hydrogen-bond donors (Lipinski definition) is 0. The molecule has 0 spiro atoms. The van der Waals surface area contributed by atoms with Crippen LogP contribution in [0.5, 0.6) is 0 Å². The largest absolute Gasteiger partial charge is 0.269 e. The van der Waals surface area contributed by atoms with Crippen molar-refractivity contribution in [2.45, 2.75) is 0 Å². The molecule has 0 saturated carbocycles. The topological polar surface area (TPSA) is 43.1 Å². The van der Waals surface area contributed by atoms with Crippen LogP contribution >= 0.6 is 0 Å². The lowest BCUT2D eigenvalue weighted by Gasteiger charge is -1.92. The van der Waals surface area contributed by atoms with E-state index in [-0.39, 0.29) is 5.69 Å². The van der Waals surface area contributed by atoms with Gasteiger partial charge in [-0.3, -0.25) is 10.1 Å². The molecule has 0 amide bonds. The van der Waals surface area contributed by atoms with Crippen molar-refractivity contribution in [1.29, 1.82) is 0 Å². The number of nitro benzene ring substituents is 1. The van der Waals surface area contributed by atoms with E-state index in [9.17, 15) is 10.1 Å². The van der Waals surface area contributed by atoms with Crippen LogP contribution in [0.2, 0.25) is 0 Å². The summed E-state index contributed by atoms with van der Waals surface area (Å²) in [7, 11) is 0. The van der Waals surface area contributed by atoms with Gasteiger partial charge in [0, 0.05) is 12.1 Å². The lowest BCUT2D eigenvalue weighted by atomic mass is 10.2. The second-order valence-electron chi connectivity index (χ2n) is 3.98. The molecule has 0 atom stereocenters. The van der Waals surface area contributed by atoms with E-state index in [0.717, 1.165) is 11.1 Å². The SMILES string of the molecule is O=[N+]([O-])c1ccc(/C=C\C=C/c2ccccc2)cc1. The molecule has 0 aliphatic rings. The van der Waals surface area contributed by atoms with Crippen LogP contribution in [0.25, 0.3) is 12.2 Å². The van der Waals surface area contributed by atoms with Gasteiger partial charge in [0.1, 0.15) is 0 Å². The Morgan fingerprint density at radius 3 is 1.84 bits per heavy atom. The van der Waals surface area contributed by atoms with Gasteiger partial charge in [-0.05, 0) is 23.3 Å². The van der Waals surface area contributed by atoms with Crippen LogP contribution < -0.4 is 0 Å². The summed E-state index contributed by atoms with van der Waals surface area (Å²) in [6, 6.07) is 16.5. The average molecular weight is 251 g/mol. The van der Waals surface area contributed by atoms with Crippen molar-refractivity contribution < 1.29 is 4.92 Å². The predicted octanol–water partition coefficient (Wildman–Crippen LogP) is 4.32. The molecule has 2 aromatic rings. The Balaban J connectivity index is 1.99. The fourth-order valence-corrected chi connectivity index (χ4v) is 1.60. The summed E-state index contributed by atoms with van der Waals surface area (Å²) in [5, 5.41) is 10.5. The molecular weight excluding hydrogens is 238 g/mol. The van der Waals surface area contributed by atoms with Gasteiger partial charge in [-0.25, -0.2) is 0 Å². The van der Waals surface area contributed by atoms with Crippen LogP contribution in [0.1, 0.15) is 11.1 Å². The van der Waals surface area contributed by atoms with Crippen LogP contribution in [0, 0.1) is 10.1 Å². The molecule has 0 aliphatic carbocycles. The summed E-state index contributed by atoms with van der Waals surface area (Å²) in [5.41, 5.74) is 2.18. The Kier molecular flexibility index (Phi) is 4.24. The molecule has 0 fully saturated rings. The van der Waals surface area contributed by atoms with Crippen LogP contribution in [0.4, 0.5) is 5.69 Å². The van der Waals surface area contributed by atoms with Crippen molar-refractivity contribution in [3.8, 4) is 0 Å². The molecule has 0 saturated heterocycles. The minimum atomic E-state index is -0.400. The highest BCUT2D eigenvalue weighted by molar-refractivity contribution is 5.57. The number of allylic oxidation sites excluding steroid dienone is 2. The number of non-ortho nitro benzene ring substituents is 1. The number of nitrogens with zero attached hydrogens (tertiary/aromatic N) is 1. The van der Waals surface area contributed by atoms with Gasteiger partial charge in [-0.2, -0.15) is 0 Å². The van der Waals surface area contributed by atoms with E-state index in [2.05, 4.69) is 0 Å². The number of nitro groups is 1. The van der Waals surface area contributed by atoms with Crippen molar-refractivity contribution >= 4 is 17.8 Å². The summed E-state index contributed by atoms with van der Waals surface area (Å²) >= 11 is 0. The van der Waals surface area contributed by atoms with Crippen LogP contribution in [-0.4, -0.2) is 4.92 Å². The average Bonchev–Trinajstić information content (AvgIpc) is 2.45. The van der Waals surface area contributed by atoms with Gasteiger partial charge < -0.3 is 0 Å². The third kappa shape index (κ3) is 3.92. The van der Waals surface area contributed by atoms with Crippen LogP contribution in [0.15, 0.2) is 66.7 Å². The number of benzene rings is 2.